The minimum absolute atomic E-state index is 0. The summed E-state index contributed by atoms with van der Waals surface area (Å²) in [5.74, 6) is -1.00. The van der Waals surface area contributed by atoms with Gasteiger partial charge in [0.05, 0.1) is 27.1 Å². The van der Waals surface area contributed by atoms with Crippen LogP contribution in [0, 0.1) is 0 Å². The summed E-state index contributed by atoms with van der Waals surface area (Å²) < 4.78 is 0.419. The number of carbonyl (C=O) groups is 1. The Labute approximate surface area is 65.7 Å². The maximum absolute atomic E-state index is 9.89. The van der Waals surface area contributed by atoms with Crippen LogP contribution < -0.4 is 5.11 Å². The van der Waals surface area contributed by atoms with Crippen LogP contribution in [0.5, 0.6) is 0 Å². The summed E-state index contributed by atoms with van der Waals surface area (Å²) >= 11 is 0. The molecule has 0 aliphatic carbocycles. The number of nitrogens with zero attached hydrogens (tertiary/aromatic N) is 1. The second-order valence-corrected chi connectivity index (χ2v) is 2.82. The van der Waals surface area contributed by atoms with E-state index in [0.29, 0.717) is 4.48 Å². The fourth-order valence-corrected chi connectivity index (χ4v) is 0.387. The third-order valence-corrected chi connectivity index (χ3v) is 0.603. The summed E-state index contributed by atoms with van der Waals surface area (Å²) in [6.45, 7) is 0.0694. The van der Waals surface area contributed by atoms with Gasteiger partial charge in [-0.15, -0.1) is 0 Å². The van der Waals surface area contributed by atoms with E-state index in [-0.39, 0.29) is 23.6 Å². The second-order valence-electron chi connectivity index (χ2n) is 2.82. The van der Waals surface area contributed by atoms with E-state index in [1.165, 1.54) is 0 Å². The van der Waals surface area contributed by atoms with Crippen LogP contribution in [0.3, 0.4) is 0 Å². The molecule has 0 saturated carbocycles. The Balaban J connectivity index is 0. The molecular weight excluding hydrogens is 170 g/mol. The van der Waals surface area contributed by atoms with Crippen molar-refractivity contribution in [2.45, 2.75) is 0 Å². The molecule has 3 nitrogen and oxygen atoms in total. The summed E-state index contributed by atoms with van der Waals surface area (Å²) in [4.78, 5) is 9.89. The van der Waals surface area contributed by atoms with Gasteiger partial charge in [0, 0.05) is 0 Å². The van der Waals surface area contributed by atoms with Crippen molar-refractivity contribution >= 4 is 5.97 Å². The molecule has 0 aliphatic heterocycles. The van der Waals surface area contributed by atoms with Crippen molar-refractivity contribution in [3.05, 3.63) is 0 Å². The first-order chi connectivity index (χ1) is 3.42. The maximum Gasteiger partial charge on any atom is 2.00 e. The van der Waals surface area contributed by atoms with Crippen LogP contribution in [0.25, 0.3) is 0 Å². The minimum Gasteiger partial charge on any atom is -0.544 e. The van der Waals surface area contributed by atoms with E-state index in [2.05, 4.69) is 0 Å². The van der Waals surface area contributed by atoms with Gasteiger partial charge in [-0.05, 0) is 0 Å². The van der Waals surface area contributed by atoms with Crippen LogP contribution in [0.1, 0.15) is 0 Å². The van der Waals surface area contributed by atoms with Gasteiger partial charge >= 0.3 is 17.1 Å². The van der Waals surface area contributed by atoms with Crippen LogP contribution >= 0.6 is 0 Å². The van der Waals surface area contributed by atoms with Crippen molar-refractivity contribution in [1.82, 2.24) is 0 Å². The van der Waals surface area contributed by atoms with E-state index < -0.39 is 5.97 Å². The largest absolute Gasteiger partial charge is 2.00 e. The van der Waals surface area contributed by atoms with E-state index in [9.17, 15) is 9.90 Å². The van der Waals surface area contributed by atoms with Crippen molar-refractivity contribution in [1.29, 1.82) is 0 Å². The minimum atomic E-state index is -1.00. The first kappa shape index (κ1) is 11.7. The summed E-state index contributed by atoms with van der Waals surface area (Å²) in [5, 5.41) is 9.89. The molecule has 0 atom stereocenters. The van der Waals surface area contributed by atoms with E-state index in [0.717, 1.165) is 0 Å². The molecule has 57 valence electrons. The molecule has 0 aromatic rings. The Morgan fingerprint density at radius 1 is 1.44 bits per heavy atom. The molecule has 0 heterocycles. The van der Waals surface area contributed by atoms with Crippen molar-refractivity contribution in [2.75, 3.05) is 27.7 Å². The van der Waals surface area contributed by atoms with E-state index >= 15 is 0 Å². The van der Waals surface area contributed by atoms with Gasteiger partial charge in [-0.25, -0.2) is 0 Å². The number of likely N-dealkylation sites (N-methyl/N-ethyl adjacent to an activating group) is 1. The molecule has 0 fully saturated rings. The fraction of sp³-hybridized carbons (Fsp3) is 0.800. The van der Waals surface area contributed by atoms with Crippen molar-refractivity contribution in [3.8, 4) is 0 Å². The summed E-state index contributed by atoms with van der Waals surface area (Å²) in [6.07, 6.45) is 0. The van der Waals surface area contributed by atoms with Crippen LogP contribution in [0.4, 0.5) is 0 Å². The van der Waals surface area contributed by atoms with Crippen molar-refractivity contribution < 1.29 is 31.5 Å². The monoisotopic (exact) mass is 180 g/mol. The molecule has 9 heavy (non-hydrogen) atoms. The molecule has 4 heteroatoms. The van der Waals surface area contributed by atoms with Gasteiger partial charge in [0.25, 0.3) is 0 Å². The quantitative estimate of drug-likeness (QED) is 0.381. The SMILES string of the molecule is C[N+](C)(C)CC(=O)[O-].[Cu+2]. The Bertz CT molecular complexity index is 97.6. The Kier molecular flexibility index (Phi) is 5.05. The van der Waals surface area contributed by atoms with Gasteiger partial charge in [-0.3, -0.25) is 0 Å². The molecule has 0 spiro atoms. The van der Waals surface area contributed by atoms with Crippen LogP contribution in [0.2, 0.25) is 0 Å². The number of carboxylic acids is 1. The zero-order chi connectivity index (χ0) is 6.78. The van der Waals surface area contributed by atoms with Gasteiger partial charge < -0.3 is 14.4 Å². The number of carboxylic acid groups (broad SMARTS) is 1. The van der Waals surface area contributed by atoms with Crippen molar-refractivity contribution in [2.24, 2.45) is 0 Å². The fourth-order valence-electron chi connectivity index (χ4n) is 0.387. The molecule has 0 saturated heterocycles. The average Bonchev–Trinajstić information content (AvgIpc) is 1.21. The predicted molar refractivity (Wildman–Crippen MR) is 27.9 cm³/mol. The number of quaternary nitrogens is 1. The number of rotatable bonds is 2. The summed E-state index contributed by atoms with van der Waals surface area (Å²) in [7, 11) is 5.40. The molecule has 0 aliphatic rings. The molecule has 0 unspecified atom stereocenters. The molecule has 1 radical (unpaired) electrons. The standard InChI is InChI=1S/C5H11NO2.Cu/c1-6(2,3)4-5(7)8;/h4H2,1-3H3;/q;+2. The summed E-state index contributed by atoms with van der Waals surface area (Å²) in [5.41, 5.74) is 0. The number of hydrogen-bond donors (Lipinski definition) is 0. The Hall–Kier alpha value is -0.0505. The van der Waals surface area contributed by atoms with Crippen LogP contribution in [-0.2, 0) is 21.9 Å². The van der Waals surface area contributed by atoms with Crippen molar-refractivity contribution in [3.63, 3.8) is 0 Å². The predicted octanol–water partition coefficient (Wildman–Crippen LogP) is -1.56. The van der Waals surface area contributed by atoms with Gasteiger partial charge in [-0.1, -0.05) is 0 Å². The zero-order valence-electron chi connectivity index (χ0n) is 5.77. The van der Waals surface area contributed by atoms with Gasteiger partial charge in [0.15, 0.2) is 0 Å². The number of aliphatic carboxylic acids is 1. The molecule has 0 aromatic carbocycles. The van der Waals surface area contributed by atoms with Crippen LogP contribution in [0.15, 0.2) is 0 Å². The smallest absolute Gasteiger partial charge is 0.544 e. The Morgan fingerprint density at radius 3 is 1.78 bits per heavy atom. The molecular formula is C5H11CuNO2+2. The average molecular weight is 181 g/mol. The molecule has 0 bridgehead atoms. The first-order valence-electron chi connectivity index (χ1n) is 2.42. The van der Waals surface area contributed by atoms with E-state index in [1.54, 1.807) is 21.1 Å². The molecule has 0 amide bonds. The number of carbonyl (C=O) groups excluding carboxylic acids is 1. The summed E-state index contributed by atoms with van der Waals surface area (Å²) in [6, 6.07) is 0. The molecule has 0 N–H and O–H groups in total. The van der Waals surface area contributed by atoms with Gasteiger partial charge in [0.1, 0.15) is 6.54 Å². The number of hydrogen-bond acceptors (Lipinski definition) is 2. The third-order valence-electron chi connectivity index (χ3n) is 0.603. The molecule has 0 aromatic heterocycles. The third kappa shape index (κ3) is 11.5. The van der Waals surface area contributed by atoms with Crippen LogP contribution in [-0.4, -0.2) is 38.1 Å². The normalized spacial score (nSPS) is 10.1. The molecule has 0 rings (SSSR count). The second kappa shape index (κ2) is 3.88. The maximum atomic E-state index is 9.89. The zero-order valence-corrected chi connectivity index (χ0v) is 6.71. The van der Waals surface area contributed by atoms with Gasteiger partial charge in [-0.2, -0.15) is 0 Å². The van der Waals surface area contributed by atoms with Gasteiger partial charge in [0.2, 0.25) is 0 Å². The Morgan fingerprint density at radius 2 is 1.78 bits per heavy atom. The van der Waals surface area contributed by atoms with E-state index in [4.69, 9.17) is 0 Å². The topological polar surface area (TPSA) is 40.1 Å². The first-order valence-corrected chi connectivity index (χ1v) is 2.42. The van der Waals surface area contributed by atoms with E-state index in [1.807, 2.05) is 0 Å².